The molecule has 1 unspecified atom stereocenters. The van der Waals surface area contributed by atoms with Crippen LogP contribution in [0.1, 0.15) is 11.9 Å². The van der Waals surface area contributed by atoms with Gasteiger partial charge in [0, 0.05) is 13.7 Å². The minimum absolute atomic E-state index is 0.164. The number of hydrogen-bond donors (Lipinski definition) is 2. The van der Waals surface area contributed by atoms with E-state index in [4.69, 9.17) is 10.5 Å². The third kappa shape index (κ3) is 1.31. The Hall–Kier alpha value is -0.940. The van der Waals surface area contributed by atoms with Gasteiger partial charge in [0.1, 0.15) is 12.4 Å². The largest absolute Gasteiger partial charge is 0.372 e. The fourth-order valence-corrected chi connectivity index (χ4v) is 0.690. The van der Waals surface area contributed by atoms with Crippen molar-refractivity contribution in [1.29, 1.82) is 0 Å². The van der Waals surface area contributed by atoms with Crippen LogP contribution in [0.5, 0.6) is 0 Å². The molecule has 0 aliphatic heterocycles. The van der Waals surface area contributed by atoms with E-state index in [1.165, 1.54) is 6.33 Å². The van der Waals surface area contributed by atoms with Gasteiger partial charge in [-0.1, -0.05) is 0 Å². The monoisotopic (exact) mass is 142 g/mol. The zero-order chi connectivity index (χ0) is 7.40. The molecule has 1 atom stereocenters. The number of aromatic amines is 1. The minimum Gasteiger partial charge on any atom is -0.372 e. The van der Waals surface area contributed by atoms with E-state index in [-0.39, 0.29) is 6.10 Å². The molecular formula is C5H10N4O. The summed E-state index contributed by atoms with van der Waals surface area (Å²) in [5, 5.41) is 6.34. The van der Waals surface area contributed by atoms with Crippen molar-refractivity contribution in [2.24, 2.45) is 5.73 Å². The highest BCUT2D eigenvalue weighted by molar-refractivity contribution is 4.87. The lowest BCUT2D eigenvalue weighted by molar-refractivity contribution is 0.103. The normalized spacial score (nSPS) is 13.4. The highest BCUT2D eigenvalue weighted by Gasteiger charge is 2.09. The predicted molar refractivity (Wildman–Crippen MR) is 35.2 cm³/mol. The molecule has 5 nitrogen and oxygen atoms in total. The number of nitrogens with zero attached hydrogens (tertiary/aromatic N) is 2. The Kier molecular flexibility index (Phi) is 2.35. The first-order chi connectivity index (χ1) is 4.88. The second-order valence-electron chi connectivity index (χ2n) is 1.83. The first-order valence-electron chi connectivity index (χ1n) is 2.96. The summed E-state index contributed by atoms with van der Waals surface area (Å²) in [6.45, 7) is 0.408. The molecule has 5 heteroatoms. The molecule has 0 aliphatic rings. The zero-order valence-corrected chi connectivity index (χ0v) is 5.74. The third-order valence-corrected chi connectivity index (χ3v) is 1.24. The lowest BCUT2D eigenvalue weighted by Crippen LogP contribution is -2.15. The number of aromatic nitrogens is 3. The molecule has 0 aromatic carbocycles. The Morgan fingerprint density at radius 2 is 2.70 bits per heavy atom. The van der Waals surface area contributed by atoms with Gasteiger partial charge in [-0.3, -0.25) is 5.10 Å². The quantitative estimate of drug-likeness (QED) is 0.593. The first-order valence-corrected chi connectivity index (χ1v) is 2.96. The molecule has 1 heterocycles. The van der Waals surface area contributed by atoms with Crippen LogP contribution in [0.3, 0.4) is 0 Å². The van der Waals surface area contributed by atoms with Crippen molar-refractivity contribution in [2.45, 2.75) is 6.10 Å². The Morgan fingerprint density at radius 1 is 1.90 bits per heavy atom. The van der Waals surface area contributed by atoms with Crippen LogP contribution in [0.25, 0.3) is 0 Å². The summed E-state index contributed by atoms with van der Waals surface area (Å²) in [4.78, 5) is 3.89. The Morgan fingerprint density at radius 3 is 3.10 bits per heavy atom. The lowest BCUT2D eigenvalue weighted by atomic mass is 10.3. The summed E-state index contributed by atoms with van der Waals surface area (Å²) in [5.41, 5.74) is 5.36. The summed E-state index contributed by atoms with van der Waals surface area (Å²) in [6.07, 6.45) is 1.26. The van der Waals surface area contributed by atoms with E-state index >= 15 is 0 Å². The SMILES string of the molecule is COC(CN)c1ncn[nH]1. The average molecular weight is 142 g/mol. The van der Waals surface area contributed by atoms with E-state index in [1.807, 2.05) is 0 Å². The predicted octanol–water partition coefficient (Wildman–Crippen LogP) is -0.549. The molecule has 10 heavy (non-hydrogen) atoms. The van der Waals surface area contributed by atoms with Gasteiger partial charge in [0.25, 0.3) is 0 Å². The van der Waals surface area contributed by atoms with Gasteiger partial charge in [-0.25, -0.2) is 4.98 Å². The molecule has 0 amide bonds. The van der Waals surface area contributed by atoms with Gasteiger partial charge in [0.15, 0.2) is 5.82 Å². The van der Waals surface area contributed by atoms with Crippen molar-refractivity contribution in [3.63, 3.8) is 0 Å². The Bertz CT molecular complexity index is 170. The molecule has 0 spiro atoms. The van der Waals surface area contributed by atoms with Crippen molar-refractivity contribution in [1.82, 2.24) is 15.2 Å². The molecule has 0 bridgehead atoms. The number of nitrogens with one attached hydrogen (secondary N) is 1. The summed E-state index contributed by atoms with van der Waals surface area (Å²) >= 11 is 0. The molecule has 56 valence electrons. The van der Waals surface area contributed by atoms with Gasteiger partial charge in [-0.05, 0) is 0 Å². The van der Waals surface area contributed by atoms with Gasteiger partial charge in [-0.15, -0.1) is 0 Å². The van der Waals surface area contributed by atoms with E-state index in [2.05, 4.69) is 15.2 Å². The summed E-state index contributed by atoms with van der Waals surface area (Å²) in [5.74, 6) is 0.671. The van der Waals surface area contributed by atoms with E-state index in [0.717, 1.165) is 0 Å². The van der Waals surface area contributed by atoms with Crippen LogP contribution in [-0.2, 0) is 4.74 Å². The van der Waals surface area contributed by atoms with E-state index < -0.39 is 0 Å². The van der Waals surface area contributed by atoms with Gasteiger partial charge in [0.2, 0.25) is 0 Å². The van der Waals surface area contributed by atoms with Crippen LogP contribution in [0.15, 0.2) is 6.33 Å². The molecule has 0 saturated carbocycles. The number of rotatable bonds is 3. The van der Waals surface area contributed by atoms with Crippen molar-refractivity contribution in [3.8, 4) is 0 Å². The number of hydrogen-bond acceptors (Lipinski definition) is 4. The van der Waals surface area contributed by atoms with Crippen LogP contribution in [0, 0.1) is 0 Å². The van der Waals surface area contributed by atoms with Crippen LogP contribution in [0.2, 0.25) is 0 Å². The minimum atomic E-state index is -0.164. The summed E-state index contributed by atoms with van der Waals surface area (Å²) < 4.78 is 4.99. The first kappa shape index (κ1) is 7.17. The number of ether oxygens (including phenoxy) is 1. The third-order valence-electron chi connectivity index (χ3n) is 1.24. The second kappa shape index (κ2) is 3.28. The number of methoxy groups -OCH3 is 1. The smallest absolute Gasteiger partial charge is 0.154 e. The highest BCUT2D eigenvalue weighted by Crippen LogP contribution is 2.06. The van der Waals surface area contributed by atoms with E-state index in [9.17, 15) is 0 Å². The van der Waals surface area contributed by atoms with Crippen LogP contribution < -0.4 is 5.73 Å². The number of nitrogens with two attached hydrogens (primary N) is 1. The molecular weight excluding hydrogens is 132 g/mol. The Labute approximate surface area is 58.6 Å². The van der Waals surface area contributed by atoms with E-state index in [0.29, 0.717) is 12.4 Å². The molecule has 0 radical (unpaired) electrons. The van der Waals surface area contributed by atoms with Crippen molar-refractivity contribution in [2.75, 3.05) is 13.7 Å². The number of H-pyrrole nitrogens is 1. The maximum Gasteiger partial charge on any atom is 0.154 e. The Balaban J connectivity index is 2.64. The van der Waals surface area contributed by atoms with Crippen LogP contribution in [-0.4, -0.2) is 28.8 Å². The molecule has 0 aliphatic carbocycles. The van der Waals surface area contributed by atoms with Crippen molar-refractivity contribution in [3.05, 3.63) is 12.2 Å². The topological polar surface area (TPSA) is 76.8 Å². The molecule has 0 fully saturated rings. The zero-order valence-electron chi connectivity index (χ0n) is 5.74. The van der Waals surface area contributed by atoms with E-state index in [1.54, 1.807) is 7.11 Å². The maximum atomic E-state index is 5.36. The standard InChI is InChI=1S/C5H10N4O/c1-10-4(2-6)5-7-3-8-9-5/h3-4H,2,6H2,1H3,(H,7,8,9). The van der Waals surface area contributed by atoms with Gasteiger partial charge in [-0.2, -0.15) is 5.10 Å². The molecule has 1 aromatic rings. The average Bonchev–Trinajstić information content (AvgIpc) is 2.43. The van der Waals surface area contributed by atoms with Crippen molar-refractivity contribution >= 4 is 0 Å². The van der Waals surface area contributed by atoms with Gasteiger partial charge >= 0.3 is 0 Å². The molecule has 0 saturated heterocycles. The fourth-order valence-electron chi connectivity index (χ4n) is 0.690. The summed E-state index contributed by atoms with van der Waals surface area (Å²) in [7, 11) is 1.58. The maximum absolute atomic E-state index is 5.36. The highest BCUT2D eigenvalue weighted by atomic mass is 16.5. The van der Waals surface area contributed by atoms with Crippen LogP contribution >= 0.6 is 0 Å². The van der Waals surface area contributed by atoms with Gasteiger partial charge < -0.3 is 10.5 Å². The van der Waals surface area contributed by atoms with Crippen molar-refractivity contribution < 1.29 is 4.74 Å². The lowest BCUT2D eigenvalue weighted by Gasteiger charge is -2.07. The fraction of sp³-hybridized carbons (Fsp3) is 0.600. The second-order valence-corrected chi connectivity index (χ2v) is 1.83. The van der Waals surface area contributed by atoms with Gasteiger partial charge in [0.05, 0.1) is 0 Å². The molecule has 3 N–H and O–H groups in total. The van der Waals surface area contributed by atoms with Crippen LogP contribution in [0.4, 0.5) is 0 Å². The molecule has 1 aromatic heterocycles. The summed E-state index contributed by atoms with van der Waals surface area (Å²) in [6, 6.07) is 0. The molecule has 1 rings (SSSR count).